The molecule has 3 N–H and O–H groups in total. The lowest BCUT2D eigenvalue weighted by Crippen LogP contribution is -2.66. The van der Waals surface area contributed by atoms with Crippen molar-refractivity contribution >= 4 is 44.6 Å². The van der Waals surface area contributed by atoms with Crippen molar-refractivity contribution in [1.82, 2.24) is 24.8 Å². The number of ether oxygens (including phenoxy) is 4. The molecular weight excluding hydrogens is 888 g/mol. The van der Waals surface area contributed by atoms with Crippen LogP contribution in [-0.2, 0) is 24.4 Å². The Labute approximate surface area is 380 Å². The van der Waals surface area contributed by atoms with E-state index < -0.39 is 92.9 Å². The van der Waals surface area contributed by atoms with Crippen LogP contribution >= 0.6 is 0 Å². The van der Waals surface area contributed by atoms with Gasteiger partial charge in [0.2, 0.25) is 27.7 Å². The van der Waals surface area contributed by atoms with Crippen LogP contribution in [0.25, 0.3) is 22.0 Å². The van der Waals surface area contributed by atoms with Gasteiger partial charge in [0.25, 0.3) is 5.91 Å². The number of amides is 4. The lowest BCUT2D eigenvalue weighted by molar-refractivity contribution is -0.222. The van der Waals surface area contributed by atoms with Crippen LogP contribution in [0, 0.1) is 17.8 Å². The normalized spacial score (nSPS) is 27.6. The number of halogens is 3. The quantitative estimate of drug-likeness (QED) is 0.205. The van der Waals surface area contributed by atoms with E-state index in [0.717, 1.165) is 4.90 Å². The van der Waals surface area contributed by atoms with Crippen LogP contribution in [0.4, 0.5) is 18.0 Å². The number of hydrogen-bond acceptors (Lipinski definition) is 11. The first-order valence-corrected chi connectivity index (χ1v) is 23.7. The van der Waals surface area contributed by atoms with Crippen LogP contribution in [0.3, 0.4) is 0 Å². The van der Waals surface area contributed by atoms with Gasteiger partial charge in [-0.15, -0.1) is 0 Å². The highest BCUT2D eigenvalue weighted by molar-refractivity contribution is 7.91. The predicted octanol–water partition coefficient (Wildman–Crippen LogP) is 6.22. The number of rotatable bonds is 9. The number of alkyl halides is 3. The van der Waals surface area contributed by atoms with Crippen LogP contribution in [0.5, 0.6) is 23.1 Å². The fourth-order valence-corrected chi connectivity index (χ4v) is 10.8. The molecule has 2 aliphatic carbocycles. The molecule has 3 aromatic rings. The Morgan fingerprint density at radius 1 is 1.02 bits per heavy atom. The summed E-state index contributed by atoms with van der Waals surface area (Å²) >= 11 is 0. The molecule has 0 spiro atoms. The van der Waals surface area contributed by atoms with E-state index in [0.29, 0.717) is 92.0 Å². The molecule has 2 aromatic carbocycles. The zero-order valence-electron chi connectivity index (χ0n) is 37.2. The Balaban J connectivity index is 1.21. The summed E-state index contributed by atoms with van der Waals surface area (Å²) in [6.07, 6.45) is -3.01. The number of pyridine rings is 1. The third-order valence-electron chi connectivity index (χ3n) is 13.5. The first kappa shape index (κ1) is 46.7. The van der Waals surface area contributed by atoms with Crippen LogP contribution in [-0.4, -0.2) is 120 Å². The van der Waals surface area contributed by atoms with Crippen molar-refractivity contribution in [1.29, 1.82) is 0 Å². The van der Waals surface area contributed by atoms with Gasteiger partial charge in [-0.2, -0.15) is 13.2 Å². The van der Waals surface area contributed by atoms with E-state index >= 15 is 4.79 Å². The summed E-state index contributed by atoms with van der Waals surface area (Å²) < 4.78 is 96.5. The molecule has 0 radical (unpaired) electrons. The number of carboxylic acid groups (broad SMARTS) is 1. The van der Waals surface area contributed by atoms with Crippen molar-refractivity contribution in [2.75, 3.05) is 26.9 Å². The van der Waals surface area contributed by atoms with Gasteiger partial charge in [-0.1, -0.05) is 26.0 Å². The number of aromatic nitrogens is 1. The summed E-state index contributed by atoms with van der Waals surface area (Å²) in [4.78, 5) is 63.2. The molecule has 20 heteroatoms. The van der Waals surface area contributed by atoms with Crippen molar-refractivity contribution in [3.63, 3.8) is 0 Å². The number of hydrogen-bond donors (Lipinski definition) is 3. The SMILES string of the molecule is COc1ccc2c(O[C@@H]3C[C@H]4C(=O)N[C@]5(C(=O)NS(=O)(=O)C6CC6)C[C@H]5/C=C\CC[C@H](C)C[C@@H](C)[C@H](N(C(=O)O)C(C)(C)C(F)(F)F)C(=O)N4C3)nc(-c3ccc4c(c3)OCCO4)cc2c1. The van der Waals surface area contributed by atoms with E-state index in [1.807, 2.05) is 13.0 Å². The molecule has 3 fully saturated rings. The molecule has 1 aromatic heterocycles. The average molecular weight is 942 g/mol. The van der Waals surface area contributed by atoms with Gasteiger partial charge in [-0.3, -0.25) is 24.0 Å². The molecule has 2 saturated carbocycles. The van der Waals surface area contributed by atoms with Crippen LogP contribution < -0.4 is 29.0 Å². The van der Waals surface area contributed by atoms with Crippen molar-refractivity contribution in [3.05, 3.63) is 54.6 Å². The molecule has 1 saturated heterocycles. The first-order chi connectivity index (χ1) is 31.1. The minimum atomic E-state index is -5.12. The predicted molar refractivity (Wildman–Crippen MR) is 233 cm³/mol. The van der Waals surface area contributed by atoms with E-state index in [2.05, 4.69) is 10.0 Å². The second-order valence-corrected chi connectivity index (χ2v) is 20.6. The topological polar surface area (TPSA) is 203 Å². The Kier molecular flexibility index (Phi) is 12.4. The van der Waals surface area contributed by atoms with E-state index in [-0.39, 0.29) is 36.0 Å². The Hall–Kier alpha value is -5.79. The zero-order valence-corrected chi connectivity index (χ0v) is 38.0. The minimum absolute atomic E-state index is 0.0374. The summed E-state index contributed by atoms with van der Waals surface area (Å²) in [6.45, 7) is 5.09. The van der Waals surface area contributed by atoms with Crippen molar-refractivity contribution in [2.45, 2.75) is 113 Å². The number of sulfonamides is 1. The number of nitrogens with one attached hydrogen (secondary N) is 2. The maximum absolute atomic E-state index is 15.3. The van der Waals surface area contributed by atoms with Gasteiger partial charge >= 0.3 is 12.3 Å². The fourth-order valence-electron chi connectivity index (χ4n) is 9.41. The van der Waals surface area contributed by atoms with Crippen LogP contribution in [0.1, 0.15) is 72.6 Å². The first-order valence-electron chi connectivity index (χ1n) is 22.1. The van der Waals surface area contributed by atoms with Gasteiger partial charge in [0.1, 0.15) is 48.2 Å². The molecule has 5 aliphatic rings. The van der Waals surface area contributed by atoms with Crippen LogP contribution in [0.15, 0.2) is 54.6 Å². The van der Waals surface area contributed by atoms with E-state index in [1.165, 1.54) is 14.0 Å². The van der Waals surface area contributed by atoms with Crippen molar-refractivity contribution in [3.8, 4) is 34.4 Å². The summed E-state index contributed by atoms with van der Waals surface area (Å²) in [7, 11) is -2.54. The third-order valence-corrected chi connectivity index (χ3v) is 15.3. The molecule has 66 heavy (non-hydrogen) atoms. The lowest BCUT2D eigenvalue weighted by atomic mass is 9.85. The third kappa shape index (κ3) is 9.04. The van der Waals surface area contributed by atoms with Gasteiger partial charge < -0.3 is 34.3 Å². The Morgan fingerprint density at radius 2 is 1.74 bits per heavy atom. The van der Waals surface area contributed by atoms with E-state index in [1.54, 1.807) is 48.6 Å². The highest BCUT2D eigenvalue weighted by Crippen LogP contribution is 2.47. The molecule has 4 heterocycles. The maximum Gasteiger partial charge on any atom is 0.411 e. The molecule has 356 valence electrons. The standard InChI is InChI=1S/C46H54F3N5O11S/c1-25-8-6-7-9-29-23-45(29,42(57)52-66(60,61)32-12-13-32)51-39(55)35-22-31(24-53(35)41(56)38(26(2)18-25)54(43(58)59)44(3,4)46(47,48)49)65-40-33-14-11-30(62-5)19-28(33)20-34(50-40)27-10-15-36-37(21-27)64-17-16-63-36/h7,9-11,14-15,19-21,25-26,29,31-32,35,38H,6,8,12-13,16-18,22-24H2,1-5H3,(H,51,55)(H,52,57)(H,58,59)/b9-7-/t25-,26+,29+,31+,35-,38-,45+/m0/s1. The molecule has 4 amide bonds. The summed E-state index contributed by atoms with van der Waals surface area (Å²) in [5.74, 6) is -3.06. The molecule has 7 atom stereocenters. The summed E-state index contributed by atoms with van der Waals surface area (Å²) in [5.41, 5.74) is -3.72. The highest BCUT2D eigenvalue weighted by Gasteiger charge is 2.63. The Bertz CT molecular complexity index is 2570. The van der Waals surface area contributed by atoms with Gasteiger partial charge in [0.15, 0.2) is 11.5 Å². The maximum atomic E-state index is 15.3. The van der Waals surface area contributed by atoms with E-state index in [4.69, 9.17) is 23.9 Å². The summed E-state index contributed by atoms with van der Waals surface area (Å²) in [5, 5.41) is 13.7. The second-order valence-electron chi connectivity index (χ2n) is 18.7. The Morgan fingerprint density at radius 3 is 2.42 bits per heavy atom. The lowest BCUT2D eigenvalue weighted by Gasteiger charge is -2.45. The monoisotopic (exact) mass is 941 g/mol. The molecule has 8 rings (SSSR count). The number of methoxy groups -OCH3 is 1. The van der Waals surface area contributed by atoms with Gasteiger partial charge in [-0.05, 0) is 112 Å². The molecule has 0 bridgehead atoms. The van der Waals surface area contributed by atoms with Gasteiger partial charge in [-0.25, -0.2) is 18.2 Å². The number of carbonyl (C=O) groups excluding carboxylic acids is 3. The zero-order chi connectivity index (χ0) is 47.5. The second kappa shape index (κ2) is 17.5. The molecule has 16 nitrogen and oxygen atoms in total. The van der Waals surface area contributed by atoms with Gasteiger partial charge in [0.05, 0.1) is 24.6 Å². The minimum Gasteiger partial charge on any atom is -0.497 e. The number of fused-ring (bicyclic) bond motifs is 4. The van der Waals surface area contributed by atoms with Crippen LogP contribution in [0.2, 0.25) is 0 Å². The summed E-state index contributed by atoms with van der Waals surface area (Å²) in [6, 6.07) is 8.86. The smallest absolute Gasteiger partial charge is 0.411 e. The molecule has 0 unspecified atom stereocenters. The number of carbonyl (C=O) groups is 4. The van der Waals surface area contributed by atoms with Crippen molar-refractivity contribution in [2.24, 2.45) is 17.8 Å². The average Bonchev–Trinajstić information content (AvgIpc) is 4.19. The number of allylic oxidation sites excluding steroid dienone is 1. The van der Waals surface area contributed by atoms with E-state index in [9.17, 15) is 41.1 Å². The number of benzene rings is 2. The largest absolute Gasteiger partial charge is 0.497 e. The molecule has 3 aliphatic heterocycles. The van der Waals surface area contributed by atoms with Crippen molar-refractivity contribution < 1.29 is 64.8 Å². The number of nitrogens with zero attached hydrogens (tertiary/aromatic N) is 3. The fraction of sp³-hybridized carbons (Fsp3) is 0.543. The molecular formula is C46H54F3N5O11S. The highest BCUT2D eigenvalue weighted by atomic mass is 32.2. The van der Waals surface area contributed by atoms with Gasteiger partial charge in [0, 0.05) is 23.3 Å².